The van der Waals surface area contributed by atoms with Gasteiger partial charge in [0.25, 0.3) is 0 Å². The van der Waals surface area contributed by atoms with Gasteiger partial charge in [0.15, 0.2) is 0 Å². The van der Waals surface area contributed by atoms with Gasteiger partial charge < -0.3 is 0 Å². The molecule has 1 heterocycles. The number of hydrogen-bond acceptors (Lipinski definition) is 1. The average Bonchev–Trinajstić information content (AvgIpc) is 2.48. The van der Waals surface area contributed by atoms with Crippen LogP contribution in [0, 0.1) is 19.8 Å². The highest BCUT2D eigenvalue weighted by Gasteiger charge is 2.21. The first-order valence-corrected chi connectivity index (χ1v) is 5.24. The standard InChI is InChI=1S/C13H17N/c1-8(2)13-12-6-10(4)9(3)5-11(12)7-14-13/h5-8,13H,1-4H3. The highest BCUT2D eigenvalue weighted by molar-refractivity contribution is 5.85. The third-order valence-electron chi connectivity index (χ3n) is 3.02. The van der Waals surface area contributed by atoms with Crippen LogP contribution in [0.15, 0.2) is 17.1 Å². The third kappa shape index (κ3) is 1.37. The molecule has 0 bridgehead atoms. The quantitative estimate of drug-likeness (QED) is 0.638. The molecular weight excluding hydrogens is 170 g/mol. The summed E-state index contributed by atoms with van der Waals surface area (Å²) >= 11 is 0. The van der Waals surface area contributed by atoms with Crippen LogP contribution in [0.4, 0.5) is 0 Å². The number of aryl methyl sites for hydroxylation is 2. The van der Waals surface area contributed by atoms with E-state index in [0.29, 0.717) is 12.0 Å². The Morgan fingerprint density at radius 2 is 1.79 bits per heavy atom. The van der Waals surface area contributed by atoms with Crippen molar-refractivity contribution in [2.45, 2.75) is 33.7 Å². The Kier molecular flexibility index (Phi) is 2.18. The summed E-state index contributed by atoms with van der Waals surface area (Å²) in [7, 11) is 0. The lowest BCUT2D eigenvalue weighted by molar-refractivity contribution is 0.525. The third-order valence-corrected chi connectivity index (χ3v) is 3.02. The van der Waals surface area contributed by atoms with Crippen LogP contribution in [0.5, 0.6) is 0 Å². The zero-order chi connectivity index (χ0) is 10.3. The zero-order valence-electron chi connectivity index (χ0n) is 9.33. The molecule has 1 aliphatic rings. The summed E-state index contributed by atoms with van der Waals surface area (Å²) in [5.41, 5.74) is 5.45. The molecule has 0 spiro atoms. The second-order valence-electron chi connectivity index (χ2n) is 4.53. The Labute approximate surface area is 85.9 Å². The Bertz CT molecular complexity index is 388. The van der Waals surface area contributed by atoms with E-state index in [1.54, 1.807) is 0 Å². The Hall–Kier alpha value is -1.11. The first kappa shape index (κ1) is 9.45. The lowest BCUT2D eigenvalue weighted by Gasteiger charge is -2.14. The maximum Gasteiger partial charge on any atom is 0.0778 e. The molecule has 0 radical (unpaired) electrons. The lowest BCUT2D eigenvalue weighted by atomic mass is 9.92. The highest BCUT2D eigenvalue weighted by atomic mass is 14.8. The Balaban J connectivity index is 2.50. The Morgan fingerprint density at radius 3 is 2.43 bits per heavy atom. The molecule has 0 aliphatic carbocycles. The minimum atomic E-state index is 0.379. The summed E-state index contributed by atoms with van der Waals surface area (Å²) in [6.45, 7) is 8.79. The summed E-state index contributed by atoms with van der Waals surface area (Å²) in [5, 5.41) is 0. The minimum absolute atomic E-state index is 0.379. The SMILES string of the molecule is Cc1cc2c(cc1C)C(C(C)C)N=C2. The predicted octanol–water partition coefficient (Wildman–Crippen LogP) is 3.43. The molecule has 0 N–H and O–H groups in total. The van der Waals surface area contributed by atoms with Gasteiger partial charge in [-0.1, -0.05) is 19.9 Å². The molecule has 1 nitrogen and oxygen atoms in total. The fourth-order valence-corrected chi connectivity index (χ4v) is 2.00. The smallest absolute Gasteiger partial charge is 0.0778 e. The van der Waals surface area contributed by atoms with E-state index in [1.807, 2.05) is 6.21 Å². The van der Waals surface area contributed by atoms with Crippen LogP contribution in [0.1, 0.15) is 42.1 Å². The van der Waals surface area contributed by atoms with Crippen LogP contribution >= 0.6 is 0 Å². The van der Waals surface area contributed by atoms with Crippen molar-refractivity contribution in [1.82, 2.24) is 0 Å². The van der Waals surface area contributed by atoms with Gasteiger partial charge in [0.05, 0.1) is 6.04 Å². The first-order chi connectivity index (χ1) is 6.59. The van der Waals surface area contributed by atoms with Crippen LogP contribution in [0.2, 0.25) is 0 Å². The van der Waals surface area contributed by atoms with E-state index < -0.39 is 0 Å². The monoisotopic (exact) mass is 187 g/mol. The second kappa shape index (κ2) is 3.23. The van der Waals surface area contributed by atoms with Crippen molar-refractivity contribution in [1.29, 1.82) is 0 Å². The van der Waals surface area contributed by atoms with Gasteiger partial charge in [-0.15, -0.1) is 0 Å². The second-order valence-corrected chi connectivity index (χ2v) is 4.53. The van der Waals surface area contributed by atoms with Gasteiger partial charge in [0, 0.05) is 6.21 Å². The number of rotatable bonds is 1. The first-order valence-electron chi connectivity index (χ1n) is 5.24. The van der Waals surface area contributed by atoms with E-state index in [-0.39, 0.29) is 0 Å². The van der Waals surface area contributed by atoms with Crippen molar-refractivity contribution in [3.8, 4) is 0 Å². The van der Waals surface area contributed by atoms with Crippen molar-refractivity contribution < 1.29 is 0 Å². The summed E-state index contributed by atoms with van der Waals surface area (Å²) < 4.78 is 0. The van der Waals surface area contributed by atoms with E-state index in [1.165, 1.54) is 22.3 Å². The minimum Gasteiger partial charge on any atom is -0.284 e. The van der Waals surface area contributed by atoms with Gasteiger partial charge in [0.2, 0.25) is 0 Å². The summed E-state index contributed by atoms with van der Waals surface area (Å²) in [4.78, 5) is 4.56. The molecule has 0 fully saturated rings. The van der Waals surface area contributed by atoms with Gasteiger partial charge in [-0.3, -0.25) is 4.99 Å². The van der Waals surface area contributed by atoms with E-state index in [0.717, 1.165) is 0 Å². The van der Waals surface area contributed by atoms with Crippen molar-refractivity contribution in [3.63, 3.8) is 0 Å². The van der Waals surface area contributed by atoms with Gasteiger partial charge >= 0.3 is 0 Å². The fraction of sp³-hybridized carbons (Fsp3) is 0.462. The molecule has 0 saturated carbocycles. The normalized spacial score (nSPS) is 19.1. The lowest BCUT2D eigenvalue weighted by Crippen LogP contribution is -2.02. The molecular formula is C13H17N. The molecule has 0 saturated heterocycles. The molecule has 0 amide bonds. The molecule has 14 heavy (non-hydrogen) atoms. The summed E-state index contributed by atoms with van der Waals surface area (Å²) in [5.74, 6) is 0.592. The molecule has 1 aromatic carbocycles. The molecule has 1 aliphatic heterocycles. The molecule has 2 rings (SSSR count). The van der Waals surface area contributed by atoms with Gasteiger partial charge in [-0.05, 0) is 48.1 Å². The molecule has 1 unspecified atom stereocenters. The van der Waals surface area contributed by atoms with Gasteiger partial charge in [-0.2, -0.15) is 0 Å². The number of benzene rings is 1. The maximum absolute atomic E-state index is 4.56. The van der Waals surface area contributed by atoms with E-state index in [9.17, 15) is 0 Å². The van der Waals surface area contributed by atoms with Crippen LogP contribution in [-0.2, 0) is 0 Å². The summed E-state index contributed by atoms with van der Waals surface area (Å²) in [6, 6.07) is 4.92. The number of aliphatic imine (C=N–C) groups is 1. The van der Waals surface area contributed by atoms with E-state index in [2.05, 4.69) is 44.8 Å². The van der Waals surface area contributed by atoms with Crippen molar-refractivity contribution >= 4 is 6.21 Å². The molecule has 74 valence electrons. The van der Waals surface area contributed by atoms with Crippen molar-refractivity contribution in [3.05, 3.63) is 34.4 Å². The van der Waals surface area contributed by atoms with Crippen LogP contribution < -0.4 is 0 Å². The Morgan fingerprint density at radius 1 is 1.14 bits per heavy atom. The van der Waals surface area contributed by atoms with Gasteiger partial charge in [-0.25, -0.2) is 0 Å². The van der Waals surface area contributed by atoms with Crippen molar-refractivity contribution in [2.75, 3.05) is 0 Å². The van der Waals surface area contributed by atoms with Gasteiger partial charge in [0.1, 0.15) is 0 Å². The predicted molar refractivity (Wildman–Crippen MR) is 61.1 cm³/mol. The van der Waals surface area contributed by atoms with Crippen LogP contribution in [-0.4, -0.2) is 6.21 Å². The largest absolute Gasteiger partial charge is 0.284 e. The van der Waals surface area contributed by atoms with Crippen molar-refractivity contribution in [2.24, 2.45) is 10.9 Å². The van der Waals surface area contributed by atoms with Crippen LogP contribution in [0.25, 0.3) is 0 Å². The molecule has 1 heteroatoms. The number of fused-ring (bicyclic) bond motifs is 1. The zero-order valence-corrected chi connectivity index (χ0v) is 9.33. The van der Waals surface area contributed by atoms with Crippen LogP contribution in [0.3, 0.4) is 0 Å². The fourth-order valence-electron chi connectivity index (χ4n) is 2.00. The molecule has 0 aromatic heterocycles. The number of hydrogen-bond donors (Lipinski definition) is 0. The van der Waals surface area contributed by atoms with E-state index >= 15 is 0 Å². The molecule has 1 aromatic rings. The maximum atomic E-state index is 4.56. The average molecular weight is 187 g/mol. The highest BCUT2D eigenvalue weighted by Crippen LogP contribution is 2.33. The van der Waals surface area contributed by atoms with E-state index in [4.69, 9.17) is 0 Å². The topological polar surface area (TPSA) is 12.4 Å². The number of nitrogens with zero attached hydrogens (tertiary/aromatic N) is 1. The molecule has 1 atom stereocenters. The summed E-state index contributed by atoms with van der Waals surface area (Å²) in [6.07, 6.45) is 2.02.